The average molecular weight is 342 g/mol. The molecule has 0 amide bonds. The van der Waals surface area contributed by atoms with Gasteiger partial charge in [-0.2, -0.15) is 0 Å². The molecule has 0 saturated carbocycles. The van der Waals surface area contributed by atoms with Crippen molar-refractivity contribution in [2.75, 3.05) is 0 Å². The molecule has 0 atom stereocenters. The molecule has 3 aromatic carbocycles. The number of fused-ring (bicyclic) bond motifs is 1. The predicted molar refractivity (Wildman–Crippen MR) is 90.8 cm³/mol. The van der Waals surface area contributed by atoms with Crippen LogP contribution >= 0.6 is 15.9 Å². The highest BCUT2D eigenvalue weighted by Crippen LogP contribution is 2.36. The highest BCUT2D eigenvalue weighted by atomic mass is 79.9. The molecule has 0 aliphatic heterocycles. The number of hydrogen-bond donors (Lipinski definition) is 1. The van der Waals surface area contributed by atoms with E-state index in [1.807, 2.05) is 37.3 Å². The van der Waals surface area contributed by atoms with Gasteiger partial charge in [0.2, 0.25) is 0 Å². The monoisotopic (exact) mass is 341 g/mol. The fourth-order valence-electron chi connectivity index (χ4n) is 2.36. The molecule has 0 spiro atoms. The second-order valence-corrected chi connectivity index (χ2v) is 5.80. The van der Waals surface area contributed by atoms with Gasteiger partial charge in [0.15, 0.2) is 0 Å². The van der Waals surface area contributed by atoms with Crippen molar-refractivity contribution >= 4 is 26.7 Å². The molecule has 0 aliphatic rings. The van der Waals surface area contributed by atoms with Crippen LogP contribution in [0.2, 0.25) is 0 Å². The van der Waals surface area contributed by atoms with Gasteiger partial charge in [-0.05, 0) is 56.9 Å². The predicted octanol–water partition coefficient (Wildman–Crippen LogP) is 5.16. The number of hydrogen-bond acceptors (Lipinski definition) is 2. The first-order chi connectivity index (χ1) is 10.2. The third-order valence-electron chi connectivity index (χ3n) is 3.52. The van der Waals surface area contributed by atoms with E-state index in [1.54, 1.807) is 0 Å². The Balaban J connectivity index is 2.00. The number of nitrogens with two attached hydrogens (primary N) is 1. The van der Waals surface area contributed by atoms with Crippen molar-refractivity contribution in [2.24, 2.45) is 5.73 Å². The van der Waals surface area contributed by atoms with Crippen LogP contribution in [0.1, 0.15) is 11.1 Å². The van der Waals surface area contributed by atoms with Crippen LogP contribution in [-0.2, 0) is 6.54 Å². The fraction of sp³-hybridized carbons (Fsp3) is 0.111. The summed E-state index contributed by atoms with van der Waals surface area (Å²) in [5.41, 5.74) is 7.85. The minimum absolute atomic E-state index is 0.542. The van der Waals surface area contributed by atoms with E-state index in [9.17, 15) is 0 Å². The zero-order valence-electron chi connectivity index (χ0n) is 11.8. The lowest BCUT2D eigenvalue weighted by Gasteiger charge is -2.12. The number of rotatable bonds is 3. The van der Waals surface area contributed by atoms with Crippen LogP contribution in [0.5, 0.6) is 11.5 Å². The Bertz CT molecular complexity index is 798. The molecule has 3 heteroatoms. The van der Waals surface area contributed by atoms with E-state index in [-0.39, 0.29) is 0 Å². The molecule has 0 fully saturated rings. The molecule has 3 aromatic rings. The van der Waals surface area contributed by atoms with Gasteiger partial charge >= 0.3 is 0 Å². The molecule has 3 rings (SSSR count). The molecule has 21 heavy (non-hydrogen) atoms. The molecule has 0 heterocycles. The largest absolute Gasteiger partial charge is 0.456 e. The molecular formula is C18H16BrNO. The van der Waals surface area contributed by atoms with Crippen LogP contribution in [0.4, 0.5) is 0 Å². The van der Waals surface area contributed by atoms with Gasteiger partial charge in [0.25, 0.3) is 0 Å². The third-order valence-corrected chi connectivity index (χ3v) is 4.34. The number of ether oxygens (including phenoxy) is 1. The summed E-state index contributed by atoms with van der Waals surface area (Å²) in [4.78, 5) is 0. The number of benzene rings is 3. The van der Waals surface area contributed by atoms with Crippen molar-refractivity contribution in [2.45, 2.75) is 13.5 Å². The zero-order valence-corrected chi connectivity index (χ0v) is 13.4. The Morgan fingerprint density at radius 1 is 1.00 bits per heavy atom. The van der Waals surface area contributed by atoms with Gasteiger partial charge in [-0.25, -0.2) is 0 Å². The summed E-state index contributed by atoms with van der Waals surface area (Å²) in [6.07, 6.45) is 0. The van der Waals surface area contributed by atoms with Crippen molar-refractivity contribution in [1.82, 2.24) is 0 Å². The standard InChI is InChI=1S/C18H16BrNO/c1-12-10-13(11-20)6-8-16(12)21-17-9-7-14-4-2-3-5-15(14)18(17)19/h2-10H,11,20H2,1H3. The SMILES string of the molecule is Cc1cc(CN)ccc1Oc1ccc2ccccc2c1Br. The van der Waals surface area contributed by atoms with E-state index in [0.717, 1.165) is 32.5 Å². The van der Waals surface area contributed by atoms with Gasteiger partial charge in [0, 0.05) is 6.54 Å². The first kappa shape index (κ1) is 14.1. The second kappa shape index (κ2) is 5.88. The normalized spacial score (nSPS) is 10.8. The summed E-state index contributed by atoms with van der Waals surface area (Å²) in [5, 5.41) is 2.33. The molecular weight excluding hydrogens is 326 g/mol. The number of aryl methyl sites for hydroxylation is 1. The minimum Gasteiger partial charge on any atom is -0.456 e. The Kier molecular flexibility index (Phi) is 3.95. The summed E-state index contributed by atoms with van der Waals surface area (Å²) in [6.45, 7) is 2.57. The molecule has 0 aromatic heterocycles. The van der Waals surface area contributed by atoms with E-state index >= 15 is 0 Å². The lowest BCUT2D eigenvalue weighted by atomic mass is 10.1. The van der Waals surface area contributed by atoms with Gasteiger partial charge in [-0.1, -0.05) is 42.5 Å². The van der Waals surface area contributed by atoms with E-state index < -0.39 is 0 Å². The second-order valence-electron chi connectivity index (χ2n) is 5.00. The lowest BCUT2D eigenvalue weighted by Crippen LogP contribution is -1.97. The van der Waals surface area contributed by atoms with Gasteiger partial charge < -0.3 is 10.5 Å². The van der Waals surface area contributed by atoms with Gasteiger partial charge in [0.05, 0.1) is 4.47 Å². The quantitative estimate of drug-likeness (QED) is 0.713. The van der Waals surface area contributed by atoms with Crippen LogP contribution in [0.3, 0.4) is 0 Å². The highest BCUT2D eigenvalue weighted by Gasteiger charge is 2.08. The van der Waals surface area contributed by atoms with Crippen LogP contribution in [0.15, 0.2) is 59.1 Å². The summed E-state index contributed by atoms with van der Waals surface area (Å²) < 4.78 is 7.03. The minimum atomic E-state index is 0.542. The lowest BCUT2D eigenvalue weighted by molar-refractivity contribution is 0.476. The smallest absolute Gasteiger partial charge is 0.142 e. The van der Waals surface area contributed by atoms with Gasteiger partial charge in [0.1, 0.15) is 11.5 Å². The molecule has 0 aliphatic carbocycles. The first-order valence-corrected chi connectivity index (χ1v) is 7.63. The zero-order chi connectivity index (χ0) is 14.8. The maximum Gasteiger partial charge on any atom is 0.142 e. The summed E-state index contributed by atoms with van der Waals surface area (Å²) in [6, 6.07) is 18.3. The van der Waals surface area contributed by atoms with E-state index in [1.165, 1.54) is 5.39 Å². The molecule has 2 nitrogen and oxygen atoms in total. The summed E-state index contributed by atoms with van der Waals surface area (Å²) in [5.74, 6) is 1.67. The van der Waals surface area contributed by atoms with Crippen LogP contribution in [0.25, 0.3) is 10.8 Å². The highest BCUT2D eigenvalue weighted by molar-refractivity contribution is 9.10. The Morgan fingerprint density at radius 3 is 2.52 bits per heavy atom. The van der Waals surface area contributed by atoms with E-state index in [4.69, 9.17) is 10.5 Å². The van der Waals surface area contributed by atoms with Crippen molar-refractivity contribution < 1.29 is 4.74 Å². The van der Waals surface area contributed by atoms with Crippen LogP contribution in [0, 0.1) is 6.92 Å². The van der Waals surface area contributed by atoms with E-state index in [0.29, 0.717) is 6.54 Å². The van der Waals surface area contributed by atoms with Crippen molar-refractivity contribution in [3.8, 4) is 11.5 Å². The van der Waals surface area contributed by atoms with Gasteiger partial charge in [-0.3, -0.25) is 0 Å². The molecule has 0 bridgehead atoms. The van der Waals surface area contributed by atoms with Crippen LogP contribution in [-0.4, -0.2) is 0 Å². The van der Waals surface area contributed by atoms with Crippen LogP contribution < -0.4 is 10.5 Å². The van der Waals surface area contributed by atoms with Crippen molar-refractivity contribution in [1.29, 1.82) is 0 Å². The molecule has 0 unspecified atom stereocenters. The maximum absolute atomic E-state index is 6.06. The third kappa shape index (κ3) is 2.80. The van der Waals surface area contributed by atoms with Gasteiger partial charge in [-0.15, -0.1) is 0 Å². The topological polar surface area (TPSA) is 35.2 Å². The average Bonchev–Trinajstić information content (AvgIpc) is 2.52. The van der Waals surface area contributed by atoms with Crippen molar-refractivity contribution in [3.05, 3.63) is 70.2 Å². The number of halogens is 1. The molecule has 106 valence electrons. The van der Waals surface area contributed by atoms with Crippen molar-refractivity contribution in [3.63, 3.8) is 0 Å². The first-order valence-electron chi connectivity index (χ1n) is 6.84. The fourth-order valence-corrected chi connectivity index (χ4v) is 2.94. The Labute approximate surface area is 132 Å². The maximum atomic E-state index is 6.06. The molecule has 0 radical (unpaired) electrons. The molecule has 0 saturated heterocycles. The summed E-state index contributed by atoms with van der Waals surface area (Å²) in [7, 11) is 0. The Morgan fingerprint density at radius 2 is 1.76 bits per heavy atom. The Hall–Kier alpha value is -1.84. The molecule has 2 N–H and O–H groups in total. The van der Waals surface area contributed by atoms with E-state index in [2.05, 4.69) is 40.2 Å². The summed E-state index contributed by atoms with van der Waals surface area (Å²) >= 11 is 3.65.